The predicted octanol–water partition coefficient (Wildman–Crippen LogP) is 5.96. The van der Waals surface area contributed by atoms with Crippen molar-refractivity contribution < 1.29 is 39.2 Å². The van der Waals surface area contributed by atoms with Crippen LogP contribution < -0.4 is 4.31 Å². The fraction of sp³-hybridized carbons (Fsp3) is 0.222. The highest BCUT2D eigenvalue weighted by molar-refractivity contribution is 7.93. The van der Waals surface area contributed by atoms with E-state index in [0.717, 1.165) is 17.4 Å². The van der Waals surface area contributed by atoms with Crippen LogP contribution in [0.3, 0.4) is 0 Å². The third kappa shape index (κ3) is 5.04. The van der Waals surface area contributed by atoms with Crippen LogP contribution in [-0.4, -0.2) is 20.3 Å². The first-order chi connectivity index (χ1) is 13.8. The van der Waals surface area contributed by atoms with E-state index in [1.54, 1.807) is 24.3 Å². The van der Waals surface area contributed by atoms with Crippen LogP contribution in [0.5, 0.6) is 0 Å². The number of benzene rings is 2. The van der Waals surface area contributed by atoms with E-state index in [4.69, 9.17) is 0 Å². The maximum absolute atomic E-state index is 13.5. The zero-order chi connectivity index (χ0) is 22.3. The minimum Gasteiger partial charge on any atom is -0.256 e. The number of anilines is 1. The summed E-state index contributed by atoms with van der Waals surface area (Å²) in [6, 6.07) is 9.64. The van der Waals surface area contributed by atoms with Crippen LogP contribution in [0.15, 0.2) is 48.5 Å². The summed E-state index contributed by atoms with van der Waals surface area (Å²) in [5.74, 6) is -3.76. The molecule has 0 amide bonds. The lowest BCUT2D eigenvalue weighted by atomic mass is 10.1. The average molecular weight is 471 g/mol. The number of sulfonamides is 1. The molecule has 0 radical (unpaired) electrons. The van der Waals surface area contributed by atoms with Gasteiger partial charge in [-0.15, -0.1) is 11.3 Å². The van der Waals surface area contributed by atoms with Gasteiger partial charge in [0.15, 0.2) is 5.75 Å². The maximum atomic E-state index is 13.5. The molecule has 0 spiro atoms. The van der Waals surface area contributed by atoms with Crippen molar-refractivity contribution in [2.75, 3.05) is 10.1 Å². The predicted molar refractivity (Wildman–Crippen MR) is 99.3 cm³/mol. The molecule has 3 nitrogen and oxygen atoms in total. The largest absolute Gasteiger partial charge is 0.419 e. The van der Waals surface area contributed by atoms with E-state index < -0.39 is 46.1 Å². The Morgan fingerprint density at radius 1 is 0.933 bits per heavy atom. The maximum Gasteiger partial charge on any atom is 0.419 e. The first kappa shape index (κ1) is 22.3. The molecule has 0 fully saturated rings. The molecule has 0 aliphatic carbocycles. The molecule has 0 bridgehead atoms. The standard InChI is InChI=1S/C18H12F7NO2S2/c19-14-6-5-11(7-13(14)18(23,24)25)9-26(30(27,28)10-17(20,21)22)16-8-12-3-1-2-4-15(12)29-16/h1-8H,9-10H2. The van der Waals surface area contributed by atoms with Gasteiger partial charge < -0.3 is 0 Å². The molecule has 0 aliphatic rings. The highest BCUT2D eigenvalue weighted by Crippen LogP contribution is 2.37. The summed E-state index contributed by atoms with van der Waals surface area (Å²) in [7, 11) is -4.99. The number of fused-ring (bicyclic) bond motifs is 1. The van der Waals surface area contributed by atoms with Gasteiger partial charge >= 0.3 is 12.4 Å². The Morgan fingerprint density at radius 3 is 2.20 bits per heavy atom. The minimum absolute atomic E-state index is 0.0988. The lowest BCUT2D eigenvalue weighted by Gasteiger charge is -2.24. The van der Waals surface area contributed by atoms with Crippen LogP contribution in [0.25, 0.3) is 10.1 Å². The Balaban J connectivity index is 2.08. The molecule has 0 atom stereocenters. The van der Waals surface area contributed by atoms with Crippen LogP contribution >= 0.6 is 11.3 Å². The van der Waals surface area contributed by atoms with Crippen molar-refractivity contribution in [1.82, 2.24) is 0 Å². The summed E-state index contributed by atoms with van der Waals surface area (Å²) in [6.07, 6.45) is -10.1. The topological polar surface area (TPSA) is 37.4 Å². The Labute approximate surface area is 170 Å². The monoisotopic (exact) mass is 471 g/mol. The lowest BCUT2D eigenvalue weighted by Crippen LogP contribution is -2.37. The van der Waals surface area contributed by atoms with Gasteiger partial charge in [0.25, 0.3) is 0 Å². The number of alkyl halides is 6. The first-order valence-electron chi connectivity index (χ1n) is 8.18. The van der Waals surface area contributed by atoms with Gasteiger partial charge in [0.1, 0.15) is 10.8 Å². The van der Waals surface area contributed by atoms with E-state index in [1.807, 2.05) is 0 Å². The van der Waals surface area contributed by atoms with E-state index in [0.29, 0.717) is 26.5 Å². The quantitative estimate of drug-likeness (QED) is 0.431. The normalized spacial score (nSPS) is 13.0. The van der Waals surface area contributed by atoms with Gasteiger partial charge in [-0.1, -0.05) is 24.3 Å². The van der Waals surface area contributed by atoms with Crippen LogP contribution in [0.2, 0.25) is 0 Å². The second kappa shape index (κ2) is 7.73. The molecule has 2 aromatic carbocycles. The number of hydrogen-bond donors (Lipinski definition) is 0. The zero-order valence-electron chi connectivity index (χ0n) is 14.8. The van der Waals surface area contributed by atoms with Crippen LogP contribution in [0.4, 0.5) is 35.7 Å². The summed E-state index contributed by atoms with van der Waals surface area (Å²) in [4.78, 5) is 0. The highest BCUT2D eigenvalue weighted by Gasteiger charge is 2.40. The molecule has 0 N–H and O–H groups in total. The van der Waals surface area contributed by atoms with Crippen molar-refractivity contribution in [2.45, 2.75) is 18.9 Å². The fourth-order valence-electron chi connectivity index (χ4n) is 2.74. The van der Waals surface area contributed by atoms with Crippen molar-refractivity contribution in [1.29, 1.82) is 0 Å². The Kier molecular flexibility index (Phi) is 5.76. The highest BCUT2D eigenvalue weighted by atomic mass is 32.2. The van der Waals surface area contributed by atoms with Gasteiger partial charge in [-0.2, -0.15) is 26.3 Å². The molecule has 30 heavy (non-hydrogen) atoms. The number of nitrogens with zero attached hydrogens (tertiary/aromatic N) is 1. The van der Waals surface area contributed by atoms with E-state index in [1.165, 1.54) is 6.07 Å². The third-order valence-electron chi connectivity index (χ3n) is 4.00. The number of rotatable bonds is 5. The Hall–Kier alpha value is -2.34. The molecular formula is C18H12F7NO2S2. The van der Waals surface area contributed by atoms with Gasteiger partial charge in [-0.3, -0.25) is 4.31 Å². The molecular weight excluding hydrogens is 459 g/mol. The summed E-state index contributed by atoms with van der Waals surface area (Å²) in [5.41, 5.74) is -1.95. The summed E-state index contributed by atoms with van der Waals surface area (Å²) >= 11 is 0.874. The van der Waals surface area contributed by atoms with Crippen LogP contribution in [-0.2, 0) is 22.7 Å². The molecule has 1 heterocycles. The van der Waals surface area contributed by atoms with Gasteiger partial charge in [0, 0.05) is 4.70 Å². The van der Waals surface area contributed by atoms with Gasteiger partial charge in [-0.05, 0) is 35.2 Å². The van der Waals surface area contributed by atoms with E-state index in [2.05, 4.69) is 0 Å². The van der Waals surface area contributed by atoms with Crippen LogP contribution in [0, 0.1) is 5.82 Å². The fourth-order valence-corrected chi connectivity index (χ4v) is 5.41. The van der Waals surface area contributed by atoms with E-state index in [-0.39, 0.29) is 10.6 Å². The average Bonchev–Trinajstić information content (AvgIpc) is 3.01. The molecule has 0 aliphatic heterocycles. The number of hydrogen-bond acceptors (Lipinski definition) is 3. The van der Waals surface area contributed by atoms with Crippen molar-refractivity contribution in [3.8, 4) is 0 Å². The van der Waals surface area contributed by atoms with Crippen molar-refractivity contribution in [3.63, 3.8) is 0 Å². The Bertz CT molecular complexity index is 1130. The number of halogens is 7. The minimum atomic E-state index is -5.06. The second-order valence-corrected chi connectivity index (χ2v) is 9.27. The molecule has 3 aromatic rings. The molecule has 3 rings (SSSR count). The molecule has 12 heteroatoms. The zero-order valence-corrected chi connectivity index (χ0v) is 16.4. The summed E-state index contributed by atoms with van der Waals surface area (Å²) < 4.78 is 117. The molecule has 0 saturated heterocycles. The van der Waals surface area contributed by atoms with Crippen molar-refractivity contribution in [2.24, 2.45) is 0 Å². The van der Waals surface area contributed by atoms with Gasteiger partial charge in [0.05, 0.1) is 12.1 Å². The number of thiophene rings is 1. The van der Waals surface area contributed by atoms with E-state index >= 15 is 0 Å². The molecule has 0 saturated carbocycles. The summed E-state index contributed by atoms with van der Waals surface area (Å²) in [6.45, 7) is -0.825. The van der Waals surface area contributed by atoms with Crippen LogP contribution in [0.1, 0.15) is 11.1 Å². The first-order valence-corrected chi connectivity index (χ1v) is 10.6. The molecule has 1 aromatic heterocycles. The van der Waals surface area contributed by atoms with Crippen molar-refractivity contribution >= 4 is 36.4 Å². The Morgan fingerprint density at radius 2 is 1.60 bits per heavy atom. The van der Waals surface area contributed by atoms with Gasteiger partial charge in [0.2, 0.25) is 10.0 Å². The smallest absolute Gasteiger partial charge is 0.256 e. The second-order valence-electron chi connectivity index (χ2n) is 6.31. The third-order valence-corrected chi connectivity index (χ3v) is 6.95. The van der Waals surface area contributed by atoms with E-state index in [9.17, 15) is 39.2 Å². The molecule has 162 valence electrons. The SMILES string of the molecule is O=S(=O)(CC(F)(F)F)N(Cc1ccc(F)c(C(F)(F)F)c1)c1cc2ccccc2s1. The summed E-state index contributed by atoms with van der Waals surface area (Å²) in [5, 5.41) is 0.457. The van der Waals surface area contributed by atoms with Gasteiger partial charge in [-0.25, -0.2) is 12.8 Å². The lowest BCUT2D eigenvalue weighted by molar-refractivity contribution is -0.140. The van der Waals surface area contributed by atoms with Crippen molar-refractivity contribution in [3.05, 3.63) is 65.5 Å². The molecule has 0 unspecified atom stereocenters.